The van der Waals surface area contributed by atoms with Crippen molar-refractivity contribution >= 4 is 0 Å². The van der Waals surface area contributed by atoms with Crippen molar-refractivity contribution in [2.45, 2.75) is 51.4 Å². The average molecular weight is 263 g/mol. The summed E-state index contributed by atoms with van der Waals surface area (Å²) in [5.74, 6) is 0.970. The highest BCUT2D eigenvalue weighted by Crippen LogP contribution is 2.27. The van der Waals surface area contributed by atoms with Gasteiger partial charge in [0.25, 0.3) is 0 Å². The Morgan fingerprint density at radius 1 is 1.21 bits per heavy atom. The van der Waals surface area contributed by atoms with E-state index >= 15 is 0 Å². The maximum absolute atomic E-state index is 5.85. The van der Waals surface area contributed by atoms with Crippen LogP contribution in [0.15, 0.2) is 24.3 Å². The first-order valence-electron chi connectivity index (χ1n) is 7.06. The Morgan fingerprint density at radius 2 is 1.84 bits per heavy atom. The molecule has 1 aromatic rings. The summed E-state index contributed by atoms with van der Waals surface area (Å²) in [5.41, 5.74) is 1.12. The molecule has 0 bridgehead atoms. The first-order valence-corrected chi connectivity index (χ1v) is 7.06. The van der Waals surface area contributed by atoms with Crippen LogP contribution in [0.3, 0.4) is 0 Å². The highest BCUT2D eigenvalue weighted by Gasteiger charge is 2.23. The van der Waals surface area contributed by atoms with E-state index in [4.69, 9.17) is 9.47 Å². The fraction of sp³-hybridized carbons (Fsp3) is 0.625. The normalized spacial score (nSPS) is 17.3. The van der Waals surface area contributed by atoms with Crippen LogP contribution in [0.25, 0.3) is 0 Å². The highest BCUT2D eigenvalue weighted by atomic mass is 16.5. The molecule has 1 fully saturated rings. The van der Waals surface area contributed by atoms with Gasteiger partial charge < -0.3 is 14.8 Å². The summed E-state index contributed by atoms with van der Waals surface area (Å²) in [7, 11) is 1.96. The molecule has 3 heteroatoms. The minimum Gasteiger partial charge on any atom is -0.490 e. The maximum Gasteiger partial charge on any atom is 0.119 e. The molecule has 1 aromatic carbocycles. The monoisotopic (exact) mass is 263 g/mol. The molecule has 1 aliphatic carbocycles. The topological polar surface area (TPSA) is 30.5 Å². The van der Waals surface area contributed by atoms with Crippen molar-refractivity contribution in [1.82, 2.24) is 5.32 Å². The molecule has 1 N–H and O–H groups in total. The second-order valence-electron chi connectivity index (χ2n) is 6.15. The van der Waals surface area contributed by atoms with Crippen LogP contribution >= 0.6 is 0 Å². The molecule has 1 atom stereocenters. The van der Waals surface area contributed by atoms with Gasteiger partial charge >= 0.3 is 0 Å². The molecular formula is C16H25NO2. The van der Waals surface area contributed by atoms with Crippen molar-refractivity contribution in [3.05, 3.63) is 29.8 Å². The molecule has 0 aromatic heterocycles. The van der Waals surface area contributed by atoms with Crippen molar-refractivity contribution in [2.75, 3.05) is 13.7 Å². The molecule has 106 valence electrons. The van der Waals surface area contributed by atoms with Crippen LogP contribution in [0.1, 0.15) is 45.2 Å². The second kappa shape index (κ2) is 5.93. The SMILES string of the molecule is CNC(COC(C)(C)C)c1ccc(OC2CC2)cc1. The van der Waals surface area contributed by atoms with Crippen LogP contribution in [0, 0.1) is 0 Å². The van der Waals surface area contributed by atoms with Gasteiger partial charge in [-0.25, -0.2) is 0 Å². The molecule has 0 heterocycles. The molecular weight excluding hydrogens is 238 g/mol. The summed E-state index contributed by atoms with van der Waals surface area (Å²) < 4.78 is 11.6. The molecule has 0 radical (unpaired) electrons. The van der Waals surface area contributed by atoms with E-state index in [0.717, 1.165) is 5.75 Å². The van der Waals surface area contributed by atoms with E-state index in [1.807, 2.05) is 7.05 Å². The predicted octanol–water partition coefficient (Wildman–Crippen LogP) is 3.30. The van der Waals surface area contributed by atoms with E-state index in [-0.39, 0.29) is 11.6 Å². The Balaban J connectivity index is 1.93. The zero-order chi connectivity index (χ0) is 13.9. The average Bonchev–Trinajstić information content (AvgIpc) is 3.14. The Labute approximate surface area is 116 Å². The smallest absolute Gasteiger partial charge is 0.119 e. The predicted molar refractivity (Wildman–Crippen MR) is 77.6 cm³/mol. The summed E-state index contributed by atoms with van der Waals surface area (Å²) in [5, 5.41) is 3.30. The molecule has 19 heavy (non-hydrogen) atoms. The van der Waals surface area contributed by atoms with Crippen LogP contribution in [0.2, 0.25) is 0 Å². The minimum atomic E-state index is -0.107. The molecule has 0 spiro atoms. The maximum atomic E-state index is 5.85. The van der Waals surface area contributed by atoms with Gasteiger partial charge in [0.2, 0.25) is 0 Å². The van der Waals surface area contributed by atoms with Gasteiger partial charge in [0, 0.05) is 0 Å². The summed E-state index contributed by atoms with van der Waals surface area (Å²) in [6, 6.07) is 8.55. The van der Waals surface area contributed by atoms with Crippen LogP contribution in [-0.2, 0) is 4.74 Å². The number of benzene rings is 1. The molecule has 1 unspecified atom stereocenters. The minimum absolute atomic E-state index is 0.107. The van der Waals surface area contributed by atoms with Gasteiger partial charge in [0.05, 0.1) is 24.4 Å². The van der Waals surface area contributed by atoms with Crippen molar-refractivity contribution in [2.24, 2.45) is 0 Å². The number of ether oxygens (including phenoxy) is 2. The fourth-order valence-corrected chi connectivity index (χ4v) is 1.84. The molecule has 1 aliphatic rings. The van der Waals surface area contributed by atoms with E-state index < -0.39 is 0 Å². The van der Waals surface area contributed by atoms with Gasteiger partial charge in [0.1, 0.15) is 5.75 Å². The van der Waals surface area contributed by atoms with Gasteiger partial charge in [-0.1, -0.05) is 12.1 Å². The van der Waals surface area contributed by atoms with Crippen LogP contribution in [0.4, 0.5) is 0 Å². The Morgan fingerprint density at radius 3 is 2.32 bits per heavy atom. The van der Waals surface area contributed by atoms with Crippen LogP contribution in [0.5, 0.6) is 5.75 Å². The van der Waals surface area contributed by atoms with Crippen molar-refractivity contribution in [3.8, 4) is 5.75 Å². The van der Waals surface area contributed by atoms with E-state index in [0.29, 0.717) is 12.7 Å². The third-order valence-electron chi connectivity index (χ3n) is 3.14. The quantitative estimate of drug-likeness (QED) is 0.854. The van der Waals surface area contributed by atoms with E-state index in [1.165, 1.54) is 18.4 Å². The molecule has 0 saturated heterocycles. The Hall–Kier alpha value is -1.06. The molecule has 1 saturated carbocycles. The van der Waals surface area contributed by atoms with E-state index in [9.17, 15) is 0 Å². The zero-order valence-electron chi connectivity index (χ0n) is 12.4. The first-order chi connectivity index (χ1) is 8.98. The standard InChI is InChI=1S/C16H25NO2/c1-16(2,3)18-11-15(17-4)12-5-7-13(8-6-12)19-14-9-10-14/h5-8,14-15,17H,9-11H2,1-4H3. The number of hydrogen-bond acceptors (Lipinski definition) is 3. The van der Waals surface area contributed by atoms with E-state index in [2.05, 4.69) is 50.4 Å². The lowest BCUT2D eigenvalue weighted by molar-refractivity contribution is -0.0139. The third kappa shape index (κ3) is 4.84. The number of likely N-dealkylation sites (N-methyl/N-ethyl adjacent to an activating group) is 1. The lowest BCUT2D eigenvalue weighted by Crippen LogP contribution is -2.28. The zero-order valence-corrected chi connectivity index (χ0v) is 12.4. The lowest BCUT2D eigenvalue weighted by Gasteiger charge is -2.24. The summed E-state index contributed by atoms with van der Waals surface area (Å²) in [4.78, 5) is 0. The fourth-order valence-electron chi connectivity index (χ4n) is 1.84. The van der Waals surface area contributed by atoms with Crippen LogP contribution in [-0.4, -0.2) is 25.4 Å². The third-order valence-corrected chi connectivity index (χ3v) is 3.14. The largest absolute Gasteiger partial charge is 0.490 e. The highest BCUT2D eigenvalue weighted by molar-refractivity contribution is 5.29. The Bertz CT molecular complexity index is 390. The lowest BCUT2D eigenvalue weighted by atomic mass is 10.1. The molecule has 3 nitrogen and oxygen atoms in total. The summed E-state index contributed by atoms with van der Waals surface area (Å²) in [6.07, 6.45) is 2.84. The van der Waals surface area contributed by atoms with Crippen molar-refractivity contribution < 1.29 is 9.47 Å². The van der Waals surface area contributed by atoms with Gasteiger partial charge in [-0.15, -0.1) is 0 Å². The van der Waals surface area contributed by atoms with Gasteiger partial charge in [-0.3, -0.25) is 0 Å². The van der Waals surface area contributed by atoms with Crippen molar-refractivity contribution in [3.63, 3.8) is 0 Å². The molecule has 2 rings (SSSR count). The second-order valence-corrected chi connectivity index (χ2v) is 6.15. The molecule has 0 amide bonds. The number of rotatable bonds is 6. The summed E-state index contributed by atoms with van der Waals surface area (Å²) in [6.45, 7) is 6.90. The van der Waals surface area contributed by atoms with Gasteiger partial charge in [-0.05, 0) is 58.4 Å². The number of hydrogen-bond donors (Lipinski definition) is 1. The van der Waals surface area contributed by atoms with Crippen molar-refractivity contribution in [1.29, 1.82) is 0 Å². The Kier molecular flexibility index (Phi) is 4.48. The summed E-state index contributed by atoms with van der Waals surface area (Å²) >= 11 is 0. The molecule has 0 aliphatic heterocycles. The number of nitrogens with one attached hydrogen (secondary N) is 1. The van der Waals surface area contributed by atoms with Crippen LogP contribution < -0.4 is 10.1 Å². The van der Waals surface area contributed by atoms with Gasteiger partial charge in [0.15, 0.2) is 0 Å². The van der Waals surface area contributed by atoms with Gasteiger partial charge in [-0.2, -0.15) is 0 Å². The van der Waals surface area contributed by atoms with E-state index in [1.54, 1.807) is 0 Å². The first kappa shape index (κ1) is 14.4.